The van der Waals surface area contributed by atoms with Crippen molar-refractivity contribution in [2.75, 3.05) is 54.1 Å². The first kappa shape index (κ1) is 52.2. The monoisotopic (exact) mass is 781 g/mol. The Morgan fingerprint density at radius 1 is 0.593 bits per heavy atom. The van der Waals surface area contributed by atoms with Crippen LogP contribution in [0.25, 0.3) is 0 Å². The van der Waals surface area contributed by atoms with Crippen molar-refractivity contribution in [2.24, 2.45) is 0 Å². The number of unbranched alkanes of at least 4 members (excludes halogenated alkanes) is 15. The van der Waals surface area contributed by atoms with E-state index in [0.717, 1.165) is 38.5 Å². The van der Waals surface area contributed by atoms with Gasteiger partial charge < -0.3 is 18.9 Å². The van der Waals surface area contributed by atoms with E-state index in [4.69, 9.17) is 18.5 Å². The van der Waals surface area contributed by atoms with E-state index in [1.54, 1.807) is 0 Å². The highest BCUT2D eigenvalue weighted by molar-refractivity contribution is 7.47. The summed E-state index contributed by atoms with van der Waals surface area (Å²) in [6.07, 6.45) is 47.1. The standard InChI is InChI=1S/C45H82NO7P/c1-6-8-10-12-14-16-18-20-21-22-23-24-25-27-29-31-33-35-37-40-50-42-44(43-52-54(48,49)51-41-39-46(3,4)5)53-45(47)38-36-34-32-30-28-26-19-17-15-13-11-9-7-2/h9,11,15,17,21-22,26,28,32,34,44H,6-8,10,12-14,16,18-20,23-25,27,29-31,33,35-43H2,1-5H3/p+1/b11-9-,17-15-,22-21-,28-26-,34-32-. The normalized spacial score (nSPS) is 14.4. The molecule has 0 aliphatic rings. The summed E-state index contributed by atoms with van der Waals surface area (Å²) in [6.45, 7) is 5.39. The molecule has 0 radical (unpaired) electrons. The third-order valence-electron chi connectivity index (χ3n) is 8.83. The average Bonchev–Trinajstić information content (AvgIpc) is 3.12. The second-order valence-electron chi connectivity index (χ2n) is 15.3. The smallest absolute Gasteiger partial charge is 0.457 e. The van der Waals surface area contributed by atoms with Crippen molar-refractivity contribution in [2.45, 2.75) is 168 Å². The van der Waals surface area contributed by atoms with Gasteiger partial charge in [-0.15, -0.1) is 0 Å². The zero-order valence-electron chi connectivity index (χ0n) is 35.4. The minimum absolute atomic E-state index is 0.0733. The topological polar surface area (TPSA) is 91.3 Å². The van der Waals surface area contributed by atoms with E-state index in [1.165, 1.54) is 96.3 Å². The van der Waals surface area contributed by atoms with Gasteiger partial charge in [0.1, 0.15) is 19.3 Å². The Hall–Kier alpha value is -1.80. The summed E-state index contributed by atoms with van der Waals surface area (Å²) < 4.78 is 34.8. The predicted octanol–water partition coefficient (Wildman–Crippen LogP) is 12.5. The molecule has 8 nitrogen and oxygen atoms in total. The van der Waals surface area contributed by atoms with Crippen LogP contribution in [0.2, 0.25) is 0 Å². The third kappa shape index (κ3) is 41.4. The summed E-state index contributed by atoms with van der Waals surface area (Å²) in [5.41, 5.74) is 0. The van der Waals surface area contributed by atoms with E-state index in [-0.39, 0.29) is 26.2 Å². The fraction of sp³-hybridized carbons (Fsp3) is 0.756. The van der Waals surface area contributed by atoms with Crippen LogP contribution in [-0.4, -0.2) is 75.6 Å². The lowest BCUT2D eigenvalue weighted by Gasteiger charge is -2.24. The zero-order valence-corrected chi connectivity index (χ0v) is 36.3. The number of esters is 1. The molecule has 314 valence electrons. The molecule has 0 aromatic heterocycles. The van der Waals surface area contributed by atoms with E-state index in [9.17, 15) is 14.3 Å². The maximum atomic E-state index is 12.6. The van der Waals surface area contributed by atoms with E-state index < -0.39 is 19.9 Å². The van der Waals surface area contributed by atoms with Gasteiger partial charge in [-0.05, 0) is 64.2 Å². The number of phosphoric acid groups is 1. The first-order valence-corrected chi connectivity index (χ1v) is 23.0. The summed E-state index contributed by atoms with van der Waals surface area (Å²) in [5.74, 6) is -0.395. The Morgan fingerprint density at radius 3 is 1.61 bits per heavy atom. The van der Waals surface area contributed by atoms with Crippen molar-refractivity contribution in [3.63, 3.8) is 0 Å². The minimum atomic E-state index is -4.29. The minimum Gasteiger partial charge on any atom is -0.457 e. The molecule has 2 unspecified atom stereocenters. The van der Waals surface area contributed by atoms with E-state index in [1.807, 2.05) is 33.3 Å². The number of quaternary nitrogens is 1. The molecular formula is C45H83NO7P+. The fourth-order valence-corrected chi connectivity index (χ4v) is 6.24. The van der Waals surface area contributed by atoms with Crippen LogP contribution < -0.4 is 0 Å². The molecule has 54 heavy (non-hydrogen) atoms. The highest BCUT2D eigenvalue weighted by Crippen LogP contribution is 2.43. The number of nitrogens with zero attached hydrogens (tertiary/aromatic N) is 1. The Balaban J connectivity index is 4.30. The van der Waals surface area contributed by atoms with Gasteiger partial charge in [0.2, 0.25) is 0 Å². The Kier molecular flexibility index (Phi) is 36.8. The molecule has 0 saturated carbocycles. The Labute approximate surface area is 332 Å². The summed E-state index contributed by atoms with van der Waals surface area (Å²) in [4.78, 5) is 22.8. The molecule has 0 aromatic rings. The number of rotatable bonds is 39. The number of ether oxygens (including phenoxy) is 2. The van der Waals surface area contributed by atoms with E-state index in [0.29, 0.717) is 24.1 Å². The van der Waals surface area contributed by atoms with Gasteiger partial charge in [0, 0.05) is 13.0 Å². The van der Waals surface area contributed by atoms with Gasteiger partial charge in [0.05, 0.1) is 34.4 Å². The van der Waals surface area contributed by atoms with Gasteiger partial charge in [0.15, 0.2) is 0 Å². The molecule has 0 spiro atoms. The van der Waals surface area contributed by atoms with Crippen molar-refractivity contribution in [3.8, 4) is 0 Å². The largest absolute Gasteiger partial charge is 0.472 e. The number of likely N-dealkylation sites (N-methyl/N-ethyl adjacent to an activating group) is 1. The molecule has 0 aliphatic carbocycles. The second kappa shape index (κ2) is 38.1. The van der Waals surface area contributed by atoms with Crippen molar-refractivity contribution in [1.29, 1.82) is 0 Å². The molecule has 9 heteroatoms. The van der Waals surface area contributed by atoms with Gasteiger partial charge in [-0.3, -0.25) is 13.8 Å². The molecule has 0 aromatic carbocycles. The van der Waals surface area contributed by atoms with Crippen LogP contribution in [0.4, 0.5) is 0 Å². The van der Waals surface area contributed by atoms with Crippen molar-refractivity contribution in [3.05, 3.63) is 60.8 Å². The maximum Gasteiger partial charge on any atom is 0.472 e. The van der Waals surface area contributed by atoms with Gasteiger partial charge in [-0.2, -0.15) is 0 Å². The molecule has 0 bridgehead atoms. The molecule has 0 rings (SSSR count). The highest BCUT2D eigenvalue weighted by atomic mass is 31.2. The first-order valence-electron chi connectivity index (χ1n) is 21.5. The maximum absolute atomic E-state index is 12.6. The number of hydrogen-bond acceptors (Lipinski definition) is 6. The molecule has 0 amide bonds. The summed E-state index contributed by atoms with van der Waals surface area (Å²) >= 11 is 0. The van der Waals surface area contributed by atoms with Gasteiger partial charge >= 0.3 is 13.8 Å². The molecule has 0 aliphatic heterocycles. The van der Waals surface area contributed by atoms with Gasteiger partial charge in [-0.25, -0.2) is 4.57 Å². The quantitative estimate of drug-likeness (QED) is 0.0218. The number of carbonyl (C=O) groups excluding carboxylic acids is 1. The fourth-order valence-electron chi connectivity index (χ4n) is 5.50. The lowest BCUT2D eigenvalue weighted by atomic mass is 10.1. The summed E-state index contributed by atoms with van der Waals surface area (Å²) in [6, 6.07) is 0. The number of carbonyl (C=O) groups is 1. The molecule has 1 N–H and O–H groups in total. The molecular weight excluding hydrogens is 697 g/mol. The van der Waals surface area contributed by atoms with Gasteiger partial charge in [-0.1, -0.05) is 152 Å². The Morgan fingerprint density at radius 2 is 1.07 bits per heavy atom. The van der Waals surface area contributed by atoms with Crippen LogP contribution >= 0.6 is 7.82 Å². The van der Waals surface area contributed by atoms with E-state index in [2.05, 4.69) is 62.5 Å². The van der Waals surface area contributed by atoms with Crippen LogP contribution in [-0.2, 0) is 27.9 Å². The molecule has 2 atom stereocenters. The van der Waals surface area contributed by atoms with Crippen LogP contribution in [0.3, 0.4) is 0 Å². The van der Waals surface area contributed by atoms with E-state index >= 15 is 0 Å². The molecule has 0 fully saturated rings. The molecule has 0 heterocycles. The SMILES string of the molecule is CC/C=C\C/C=C\C/C=C\C/C=C\CCC(=O)OC(COCCCCCCCCCC/C=C\CCCCCCCCC)COP(=O)(O)OCC[N+](C)(C)C. The third-order valence-corrected chi connectivity index (χ3v) is 9.81. The van der Waals surface area contributed by atoms with Crippen LogP contribution in [0.5, 0.6) is 0 Å². The van der Waals surface area contributed by atoms with Crippen LogP contribution in [0.1, 0.15) is 162 Å². The predicted molar refractivity (Wildman–Crippen MR) is 229 cm³/mol. The summed E-state index contributed by atoms with van der Waals surface area (Å²) in [7, 11) is 1.62. The Bertz CT molecular complexity index is 1050. The lowest BCUT2D eigenvalue weighted by molar-refractivity contribution is -0.870. The average molecular weight is 781 g/mol. The highest BCUT2D eigenvalue weighted by Gasteiger charge is 2.26. The zero-order chi connectivity index (χ0) is 39.9. The first-order chi connectivity index (χ1) is 26.1. The van der Waals surface area contributed by atoms with Crippen LogP contribution in [0.15, 0.2) is 60.8 Å². The number of phosphoric ester groups is 1. The van der Waals surface area contributed by atoms with Crippen molar-refractivity contribution >= 4 is 13.8 Å². The summed E-state index contributed by atoms with van der Waals surface area (Å²) in [5, 5.41) is 0. The van der Waals surface area contributed by atoms with Gasteiger partial charge in [0.25, 0.3) is 0 Å². The second-order valence-corrected chi connectivity index (χ2v) is 16.8. The number of hydrogen-bond donors (Lipinski definition) is 1. The van der Waals surface area contributed by atoms with Crippen LogP contribution in [0, 0.1) is 0 Å². The number of allylic oxidation sites excluding steroid dienone is 10. The molecule has 0 saturated heterocycles. The lowest BCUT2D eigenvalue weighted by Crippen LogP contribution is -2.37. The van der Waals surface area contributed by atoms with Crippen molar-refractivity contribution in [1.82, 2.24) is 0 Å². The van der Waals surface area contributed by atoms with Crippen molar-refractivity contribution < 1.29 is 37.3 Å².